The Kier molecular flexibility index (Phi) is 4.10. The summed E-state index contributed by atoms with van der Waals surface area (Å²) in [4.78, 5) is 27.3. The van der Waals surface area contributed by atoms with Crippen molar-refractivity contribution in [3.8, 4) is 0 Å². The number of halogens is 1. The summed E-state index contributed by atoms with van der Waals surface area (Å²) in [6.07, 6.45) is 1.17. The molecule has 0 amide bonds. The van der Waals surface area contributed by atoms with Gasteiger partial charge in [-0.2, -0.15) is 5.10 Å². The molecule has 0 saturated heterocycles. The molecule has 7 nitrogen and oxygen atoms in total. The fourth-order valence-electron chi connectivity index (χ4n) is 1.93. The van der Waals surface area contributed by atoms with Gasteiger partial charge >= 0.3 is 11.9 Å². The molecule has 0 spiro atoms. The van der Waals surface area contributed by atoms with E-state index in [2.05, 4.69) is 10.1 Å². The van der Waals surface area contributed by atoms with Crippen LogP contribution in [-0.4, -0.2) is 37.2 Å². The van der Waals surface area contributed by atoms with Crippen molar-refractivity contribution in [2.75, 3.05) is 0 Å². The van der Waals surface area contributed by atoms with E-state index in [1.807, 2.05) is 0 Å². The smallest absolute Gasteiger partial charge is 0.341 e. The molecule has 1 unspecified atom stereocenters. The molecule has 0 radical (unpaired) electrons. The van der Waals surface area contributed by atoms with Crippen LogP contribution in [0.3, 0.4) is 0 Å². The summed E-state index contributed by atoms with van der Waals surface area (Å²) in [7, 11) is 0. The second kappa shape index (κ2) is 5.57. The van der Waals surface area contributed by atoms with Crippen LogP contribution in [-0.2, 0) is 9.53 Å². The first-order valence-electron chi connectivity index (χ1n) is 6.60. The minimum atomic E-state index is -1.17. The van der Waals surface area contributed by atoms with E-state index in [0.29, 0.717) is 5.69 Å². The quantitative estimate of drug-likeness (QED) is 0.688. The molecule has 8 heteroatoms. The maximum Gasteiger partial charge on any atom is 0.341 e. The van der Waals surface area contributed by atoms with Gasteiger partial charge in [-0.3, -0.25) is 4.79 Å². The van der Waals surface area contributed by atoms with Gasteiger partial charge in [-0.15, -0.1) is 0 Å². The summed E-state index contributed by atoms with van der Waals surface area (Å²) in [6, 6.07) is 1.47. The van der Waals surface area contributed by atoms with E-state index in [4.69, 9.17) is 21.4 Å². The van der Waals surface area contributed by atoms with Gasteiger partial charge in [0, 0.05) is 0 Å². The second-order valence-corrected chi connectivity index (χ2v) is 6.24. The Balaban J connectivity index is 2.51. The molecule has 0 fully saturated rings. The van der Waals surface area contributed by atoms with Crippen LogP contribution in [0.15, 0.2) is 12.3 Å². The van der Waals surface area contributed by atoms with Crippen molar-refractivity contribution in [3.63, 3.8) is 0 Å². The lowest BCUT2D eigenvalue weighted by molar-refractivity contribution is -0.156. The number of fused-ring (bicyclic) bond motifs is 1. The molecule has 0 bridgehead atoms. The van der Waals surface area contributed by atoms with E-state index >= 15 is 0 Å². The maximum atomic E-state index is 12.2. The van der Waals surface area contributed by atoms with Crippen molar-refractivity contribution in [2.45, 2.75) is 39.2 Å². The number of carbonyl (C=O) groups excluding carboxylic acids is 1. The lowest BCUT2D eigenvalue weighted by atomic mass is 10.1. The summed E-state index contributed by atoms with van der Waals surface area (Å²) in [6.45, 7) is 6.94. The summed E-state index contributed by atoms with van der Waals surface area (Å²) in [5.74, 6) is -2.30. The molecule has 2 aromatic heterocycles. The molecule has 2 rings (SSSR count). The van der Waals surface area contributed by atoms with Crippen LogP contribution in [0.25, 0.3) is 5.65 Å². The van der Waals surface area contributed by atoms with Gasteiger partial charge in [-0.1, -0.05) is 11.6 Å². The highest BCUT2D eigenvalue weighted by atomic mass is 35.5. The van der Waals surface area contributed by atoms with Gasteiger partial charge in [0.1, 0.15) is 16.3 Å². The average molecular weight is 326 g/mol. The molecule has 0 aliphatic rings. The van der Waals surface area contributed by atoms with Crippen LogP contribution in [0.1, 0.15) is 49.7 Å². The van der Waals surface area contributed by atoms with E-state index in [1.54, 1.807) is 27.7 Å². The Morgan fingerprint density at radius 1 is 1.41 bits per heavy atom. The zero-order valence-corrected chi connectivity index (χ0v) is 13.4. The summed E-state index contributed by atoms with van der Waals surface area (Å²) in [5, 5.41) is 13.2. The zero-order chi connectivity index (χ0) is 16.7. The third-order valence-corrected chi connectivity index (χ3v) is 3.10. The zero-order valence-electron chi connectivity index (χ0n) is 12.6. The predicted molar refractivity (Wildman–Crippen MR) is 79.2 cm³/mol. The van der Waals surface area contributed by atoms with Crippen molar-refractivity contribution < 1.29 is 19.4 Å². The van der Waals surface area contributed by atoms with Gasteiger partial charge in [0.05, 0.1) is 17.8 Å². The van der Waals surface area contributed by atoms with Crippen molar-refractivity contribution in [1.29, 1.82) is 0 Å². The lowest BCUT2D eigenvalue weighted by Crippen LogP contribution is -2.27. The monoisotopic (exact) mass is 325 g/mol. The number of hydrogen-bond donors (Lipinski definition) is 1. The molecule has 0 aliphatic heterocycles. The normalized spacial score (nSPS) is 13.1. The molecule has 1 N–H and O–H groups in total. The minimum absolute atomic E-state index is 0.0832. The Labute approximate surface area is 131 Å². The number of aromatic carboxylic acids is 1. The van der Waals surface area contributed by atoms with Gasteiger partial charge in [-0.05, 0) is 33.8 Å². The van der Waals surface area contributed by atoms with Crippen LogP contribution in [0.2, 0.25) is 5.15 Å². The van der Waals surface area contributed by atoms with Crippen molar-refractivity contribution in [3.05, 3.63) is 28.7 Å². The third-order valence-electron chi connectivity index (χ3n) is 2.90. The first kappa shape index (κ1) is 16.2. The number of rotatable bonds is 3. The second-order valence-electron chi connectivity index (χ2n) is 5.86. The SMILES string of the molecule is CC(C(=O)OC(C)(C)C)c1cc(Cl)nc2c(C(=O)O)cnn12. The van der Waals surface area contributed by atoms with E-state index < -0.39 is 23.5 Å². The van der Waals surface area contributed by atoms with E-state index in [-0.39, 0.29) is 16.4 Å². The van der Waals surface area contributed by atoms with Crippen LogP contribution in [0.5, 0.6) is 0 Å². The summed E-state index contributed by atoms with van der Waals surface area (Å²) >= 11 is 5.94. The first-order valence-corrected chi connectivity index (χ1v) is 6.98. The predicted octanol–water partition coefficient (Wildman–Crippen LogP) is 2.53. The number of ether oxygens (including phenoxy) is 1. The topological polar surface area (TPSA) is 93.8 Å². The van der Waals surface area contributed by atoms with Gasteiger partial charge in [0.25, 0.3) is 0 Å². The largest absolute Gasteiger partial charge is 0.477 e. The maximum absolute atomic E-state index is 12.2. The lowest BCUT2D eigenvalue weighted by Gasteiger charge is -2.22. The van der Waals surface area contributed by atoms with Crippen LogP contribution < -0.4 is 0 Å². The van der Waals surface area contributed by atoms with Gasteiger partial charge in [0.15, 0.2) is 5.65 Å². The van der Waals surface area contributed by atoms with Crippen molar-refractivity contribution >= 4 is 29.2 Å². The number of nitrogens with zero attached hydrogens (tertiary/aromatic N) is 3. The van der Waals surface area contributed by atoms with Gasteiger partial charge < -0.3 is 9.84 Å². The minimum Gasteiger partial charge on any atom is -0.477 e. The van der Waals surface area contributed by atoms with E-state index in [9.17, 15) is 9.59 Å². The highest BCUT2D eigenvalue weighted by Gasteiger charge is 2.27. The van der Waals surface area contributed by atoms with Crippen LogP contribution in [0, 0.1) is 0 Å². The molecule has 1 atom stereocenters. The highest BCUT2D eigenvalue weighted by molar-refractivity contribution is 6.29. The molecule has 118 valence electrons. The molecular weight excluding hydrogens is 310 g/mol. The molecule has 2 heterocycles. The van der Waals surface area contributed by atoms with Crippen LogP contribution in [0.4, 0.5) is 0 Å². The van der Waals surface area contributed by atoms with Gasteiger partial charge in [-0.25, -0.2) is 14.3 Å². The molecular formula is C14H16ClN3O4. The third kappa shape index (κ3) is 3.19. The fourth-order valence-corrected chi connectivity index (χ4v) is 2.12. The van der Waals surface area contributed by atoms with E-state index in [1.165, 1.54) is 16.8 Å². The number of esters is 1. The Bertz CT molecular complexity index is 748. The first-order chi connectivity index (χ1) is 10.1. The molecule has 2 aromatic rings. The molecule has 22 heavy (non-hydrogen) atoms. The molecule has 0 saturated carbocycles. The van der Waals surface area contributed by atoms with Crippen molar-refractivity contribution in [2.24, 2.45) is 0 Å². The summed E-state index contributed by atoms with van der Waals surface area (Å²) in [5.41, 5.74) is -0.209. The van der Waals surface area contributed by atoms with Crippen LogP contribution >= 0.6 is 11.6 Å². The standard InChI is InChI=1S/C14H16ClN3O4/c1-7(13(21)22-14(2,3)4)9-5-10(15)17-11-8(12(19)20)6-16-18(9)11/h5-7H,1-4H3,(H,19,20). The highest BCUT2D eigenvalue weighted by Crippen LogP contribution is 2.24. The number of aromatic nitrogens is 3. The average Bonchev–Trinajstić information content (AvgIpc) is 2.78. The van der Waals surface area contributed by atoms with E-state index in [0.717, 1.165) is 0 Å². The fraction of sp³-hybridized carbons (Fsp3) is 0.429. The number of carbonyl (C=O) groups is 2. The number of carboxylic acid groups (broad SMARTS) is 1. The number of carboxylic acids is 1. The molecule has 0 aromatic carbocycles. The Morgan fingerprint density at radius 2 is 2.05 bits per heavy atom. The Morgan fingerprint density at radius 3 is 2.59 bits per heavy atom. The molecule has 0 aliphatic carbocycles. The number of hydrogen-bond acceptors (Lipinski definition) is 5. The summed E-state index contributed by atoms with van der Waals surface area (Å²) < 4.78 is 6.63. The van der Waals surface area contributed by atoms with Crippen molar-refractivity contribution in [1.82, 2.24) is 14.6 Å². The Hall–Kier alpha value is -2.15. The van der Waals surface area contributed by atoms with Gasteiger partial charge in [0.2, 0.25) is 0 Å².